The summed E-state index contributed by atoms with van der Waals surface area (Å²) in [6.45, 7) is 1.66. The van der Waals surface area contributed by atoms with Gasteiger partial charge in [0.2, 0.25) is 17.7 Å². The first kappa shape index (κ1) is 29.4. The maximum atomic E-state index is 12.7. The molecule has 5 unspecified atom stereocenters. The van der Waals surface area contributed by atoms with Crippen LogP contribution in [0.2, 0.25) is 0 Å². The van der Waals surface area contributed by atoms with Crippen molar-refractivity contribution in [3.63, 3.8) is 0 Å². The van der Waals surface area contributed by atoms with E-state index in [0.29, 0.717) is 19.4 Å². The van der Waals surface area contributed by atoms with Gasteiger partial charge in [-0.2, -0.15) is 12.6 Å². The molecule has 0 radical (unpaired) electrons. The van der Waals surface area contributed by atoms with Crippen molar-refractivity contribution in [2.24, 2.45) is 11.5 Å². The van der Waals surface area contributed by atoms with Crippen LogP contribution in [0.25, 0.3) is 0 Å². The molecule has 0 saturated heterocycles. The van der Waals surface area contributed by atoms with Crippen molar-refractivity contribution >= 4 is 36.3 Å². The molecular formula is C22H35N5O6S. The molecule has 1 rings (SSSR count). The number of carboxylic acids is 1. The topological polar surface area (TPSA) is 197 Å². The molecular weight excluding hydrogens is 462 g/mol. The van der Waals surface area contributed by atoms with Crippen LogP contribution in [-0.2, 0) is 25.6 Å². The average Bonchev–Trinajstić information content (AvgIpc) is 2.80. The molecule has 12 heteroatoms. The number of hydrogen-bond donors (Lipinski definition) is 8. The Kier molecular flexibility index (Phi) is 13.2. The van der Waals surface area contributed by atoms with E-state index < -0.39 is 54.0 Å². The molecule has 34 heavy (non-hydrogen) atoms. The minimum absolute atomic E-state index is 0.0966. The summed E-state index contributed by atoms with van der Waals surface area (Å²) in [7, 11) is 0. The fourth-order valence-electron chi connectivity index (χ4n) is 3.10. The fraction of sp³-hybridized carbons (Fsp3) is 0.545. The smallest absolute Gasteiger partial charge is 0.326 e. The quantitative estimate of drug-likeness (QED) is 0.106. The Labute approximate surface area is 204 Å². The Morgan fingerprint density at radius 1 is 0.971 bits per heavy atom. The number of aliphatic hydroxyl groups excluding tert-OH is 1. The zero-order valence-electron chi connectivity index (χ0n) is 19.1. The summed E-state index contributed by atoms with van der Waals surface area (Å²) in [5.41, 5.74) is 12.2. The van der Waals surface area contributed by atoms with E-state index in [0.717, 1.165) is 5.56 Å². The molecule has 0 heterocycles. The van der Waals surface area contributed by atoms with Crippen molar-refractivity contribution in [3.8, 4) is 0 Å². The molecule has 9 N–H and O–H groups in total. The van der Waals surface area contributed by atoms with Gasteiger partial charge in [-0.1, -0.05) is 30.3 Å². The number of amides is 3. The van der Waals surface area contributed by atoms with Gasteiger partial charge in [-0.05, 0) is 44.7 Å². The summed E-state index contributed by atoms with van der Waals surface area (Å²) in [5.74, 6) is -3.56. The van der Waals surface area contributed by atoms with E-state index in [2.05, 4.69) is 28.6 Å². The van der Waals surface area contributed by atoms with Gasteiger partial charge in [0.1, 0.15) is 18.1 Å². The number of unbranched alkanes of at least 4 members (excludes halogenated alkanes) is 1. The highest BCUT2D eigenvalue weighted by Crippen LogP contribution is 2.05. The Balaban J connectivity index is 2.76. The monoisotopic (exact) mass is 497 g/mol. The molecule has 0 aromatic heterocycles. The molecule has 0 aliphatic carbocycles. The van der Waals surface area contributed by atoms with Crippen molar-refractivity contribution in [2.45, 2.75) is 62.9 Å². The van der Waals surface area contributed by atoms with Crippen molar-refractivity contribution in [2.75, 3.05) is 12.3 Å². The van der Waals surface area contributed by atoms with Gasteiger partial charge in [0.25, 0.3) is 0 Å². The van der Waals surface area contributed by atoms with Gasteiger partial charge in [0, 0.05) is 5.75 Å². The van der Waals surface area contributed by atoms with Gasteiger partial charge in [0.15, 0.2) is 0 Å². The van der Waals surface area contributed by atoms with Crippen molar-refractivity contribution in [3.05, 3.63) is 35.9 Å². The second-order valence-electron chi connectivity index (χ2n) is 7.95. The van der Waals surface area contributed by atoms with E-state index in [-0.39, 0.29) is 18.6 Å². The molecule has 1 aromatic rings. The maximum absolute atomic E-state index is 12.7. The molecule has 3 amide bonds. The number of carboxylic acid groups (broad SMARTS) is 1. The van der Waals surface area contributed by atoms with Crippen LogP contribution < -0.4 is 27.4 Å². The molecule has 0 spiro atoms. The van der Waals surface area contributed by atoms with Gasteiger partial charge in [-0.15, -0.1) is 0 Å². The third kappa shape index (κ3) is 10.1. The second-order valence-corrected chi connectivity index (χ2v) is 8.32. The summed E-state index contributed by atoms with van der Waals surface area (Å²) in [6, 6.07) is 4.42. The lowest BCUT2D eigenvalue weighted by molar-refractivity contribution is -0.143. The van der Waals surface area contributed by atoms with Crippen LogP contribution in [0.1, 0.15) is 31.7 Å². The Bertz CT molecular complexity index is 810. The van der Waals surface area contributed by atoms with Gasteiger partial charge in [0.05, 0.1) is 12.1 Å². The SMILES string of the molecule is CC(O)C(NC(=O)C(CS)NC(=O)C(N)Cc1ccccc1)C(=O)NC(CCCCN)C(=O)O. The van der Waals surface area contributed by atoms with Gasteiger partial charge < -0.3 is 37.6 Å². The van der Waals surface area contributed by atoms with Crippen LogP contribution in [0.3, 0.4) is 0 Å². The van der Waals surface area contributed by atoms with Crippen LogP contribution >= 0.6 is 12.6 Å². The second kappa shape index (κ2) is 15.3. The normalized spacial score (nSPS) is 15.3. The van der Waals surface area contributed by atoms with E-state index in [4.69, 9.17) is 11.5 Å². The Hall–Kier alpha value is -2.67. The maximum Gasteiger partial charge on any atom is 0.326 e. The standard InChI is InChI=1S/C22H35N5O6S/c1-13(28)18(21(31)25-16(22(32)33)9-5-6-10-23)27-20(30)17(12-34)26-19(29)15(24)11-14-7-3-2-4-8-14/h2-4,7-8,13,15-18,28,34H,5-6,9-12,23-24H2,1H3,(H,25,31)(H,26,29)(H,27,30)(H,32,33). The third-order valence-electron chi connectivity index (χ3n) is 5.07. The van der Waals surface area contributed by atoms with Crippen molar-refractivity contribution < 1.29 is 29.4 Å². The molecule has 190 valence electrons. The summed E-state index contributed by atoms with van der Waals surface area (Å²) in [4.78, 5) is 49.2. The number of carbonyl (C=O) groups excluding carboxylic acids is 3. The van der Waals surface area contributed by atoms with Crippen molar-refractivity contribution in [1.29, 1.82) is 0 Å². The number of rotatable bonds is 15. The lowest BCUT2D eigenvalue weighted by Gasteiger charge is -2.26. The molecule has 0 aliphatic rings. The summed E-state index contributed by atoms with van der Waals surface area (Å²) >= 11 is 4.09. The summed E-state index contributed by atoms with van der Waals surface area (Å²) in [5, 5.41) is 26.5. The summed E-state index contributed by atoms with van der Waals surface area (Å²) < 4.78 is 0. The molecule has 11 nitrogen and oxygen atoms in total. The number of nitrogens with one attached hydrogen (secondary N) is 3. The molecule has 0 bridgehead atoms. The van der Waals surface area contributed by atoms with E-state index in [1.807, 2.05) is 30.3 Å². The highest BCUT2D eigenvalue weighted by molar-refractivity contribution is 7.80. The van der Waals surface area contributed by atoms with Crippen LogP contribution in [0, 0.1) is 0 Å². The minimum Gasteiger partial charge on any atom is -0.480 e. The van der Waals surface area contributed by atoms with E-state index in [1.54, 1.807) is 0 Å². The number of thiol groups is 1. The number of aliphatic hydroxyl groups is 1. The van der Waals surface area contributed by atoms with Crippen molar-refractivity contribution in [1.82, 2.24) is 16.0 Å². The summed E-state index contributed by atoms with van der Waals surface area (Å²) in [6.07, 6.45) is 0.141. The first-order chi connectivity index (χ1) is 16.1. The number of benzene rings is 1. The van der Waals surface area contributed by atoms with E-state index in [9.17, 15) is 29.4 Å². The zero-order chi connectivity index (χ0) is 25.7. The number of hydrogen-bond acceptors (Lipinski definition) is 8. The van der Waals surface area contributed by atoms with Gasteiger partial charge in [-0.3, -0.25) is 14.4 Å². The van der Waals surface area contributed by atoms with Crippen LogP contribution in [0.5, 0.6) is 0 Å². The highest BCUT2D eigenvalue weighted by atomic mass is 32.1. The highest BCUT2D eigenvalue weighted by Gasteiger charge is 2.32. The predicted octanol–water partition coefficient (Wildman–Crippen LogP) is -1.46. The van der Waals surface area contributed by atoms with Crippen LogP contribution in [0.15, 0.2) is 30.3 Å². The van der Waals surface area contributed by atoms with Crippen LogP contribution in [-0.4, -0.2) is 76.5 Å². The molecule has 0 saturated carbocycles. The largest absolute Gasteiger partial charge is 0.480 e. The van der Waals surface area contributed by atoms with Gasteiger partial charge >= 0.3 is 5.97 Å². The average molecular weight is 498 g/mol. The number of aliphatic carboxylic acids is 1. The van der Waals surface area contributed by atoms with E-state index in [1.165, 1.54) is 6.92 Å². The lowest BCUT2D eigenvalue weighted by Crippen LogP contribution is -2.60. The molecule has 5 atom stereocenters. The van der Waals surface area contributed by atoms with Crippen LogP contribution in [0.4, 0.5) is 0 Å². The van der Waals surface area contributed by atoms with E-state index >= 15 is 0 Å². The minimum atomic E-state index is -1.44. The van der Waals surface area contributed by atoms with Gasteiger partial charge in [-0.25, -0.2) is 4.79 Å². The number of carbonyl (C=O) groups is 4. The predicted molar refractivity (Wildman–Crippen MR) is 130 cm³/mol. The fourth-order valence-corrected chi connectivity index (χ4v) is 3.36. The first-order valence-corrected chi connectivity index (χ1v) is 11.7. The Morgan fingerprint density at radius 3 is 2.12 bits per heavy atom. The zero-order valence-corrected chi connectivity index (χ0v) is 20.0. The molecule has 1 aromatic carbocycles. The Morgan fingerprint density at radius 2 is 1.59 bits per heavy atom. The molecule has 0 fully saturated rings. The number of nitrogens with two attached hydrogens (primary N) is 2. The third-order valence-corrected chi connectivity index (χ3v) is 5.44. The molecule has 0 aliphatic heterocycles. The first-order valence-electron chi connectivity index (χ1n) is 11.0. The lowest BCUT2D eigenvalue weighted by atomic mass is 10.1.